The van der Waals surface area contributed by atoms with Gasteiger partial charge in [-0.15, -0.1) is 11.3 Å². The van der Waals surface area contributed by atoms with Crippen molar-refractivity contribution in [3.05, 3.63) is 51.1 Å². The molecule has 3 nitrogen and oxygen atoms in total. The monoisotopic (exact) mass is 300 g/mol. The van der Waals surface area contributed by atoms with Gasteiger partial charge in [-0.3, -0.25) is 4.79 Å². The van der Waals surface area contributed by atoms with E-state index >= 15 is 0 Å². The Bertz CT molecular complexity index is 773. The number of nitriles is 1. The van der Waals surface area contributed by atoms with Crippen molar-refractivity contribution in [1.29, 1.82) is 5.26 Å². The second-order valence-electron chi connectivity index (χ2n) is 5.09. The van der Waals surface area contributed by atoms with Gasteiger partial charge in [-0.25, -0.2) is 4.39 Å². The molecule has 2 aromatic rings. The molecule has 1 amide bonds. The van der Waals surface area contributed by atoms with Gasteiger partial charge in [0.25, 0.3) is 5.91 Å². The molecule has 0 bridgehead atoms. The minimum atomic E-state index is -0.364. The van der Waals surface area contributed by atoms with Gasteiger partial charge < -0.3 is 5.32 Å². The molecular weight excluding hydrogens is 287 g/mol. The van der Waals surface area contributed by atoms with E-state index < -0.39 is 0 Å². The largest absolute Gasteiger partial charge is 0.312 e. The van der Waals surface area contributed by atoms with Crippen molar-refractivity contribution in [3.63, 3.8) is 0 Å². The van der Waals surface area contributed by atoms with Crippen LogP contribution < -0.4 is 5.32 Å². The summed E-state index contributed by atoms with van der Waals surface area (Å²) in [6.45, 7) is 1.69. The SMILES string of the molecule is Cc1cc(F)ccc1C(=O)Nc1sc2c(c1C#N)CCC2. The lowest BCUT2D eigenvalue weighted by Crippen LogP contribution is -2.13. The Balaban J connectivity index is 1.91. The highest BCUT2D eigenvalue weighted by Crippen LogP contribution is 2.38. The van der Waals surface area contributed by atoms with E-state index in [1.54, 1.807) is 6.92 Å². The first-order valence-corrected chi connectivity index (χ1v) is 7.54. The van der Waals surface area contributed by atoms with Crippen molar-refractivity contribution < 1.29 is 9.18 Å². The molecule has 1 aromatic heterocycles. The summed E-state index contributed by atoms with van der Waals surface area (Å²) in [5.74, 6) is -0.666. The van der Waals surface area contributed by atoms with Gasteiger partial charge in [0.2, 0.25) is 0 Å². The smallest absolute Gasteiger partial charge is 0.256 e. The quantitative estimate of drug-likeness (QED) is 0.917. The Kier molecular flexibility index (Phi) is 3.48. The predicted octanol–water partition coefficient (Wildman–Crippen LogP) is 3.81. The van der Waals surface area contributed by atoms with Gasteiger partial charge in [-0.2, -0.15) is 5.26 Å². The number of nitrogens with zero attached hydrogens (tertiary/aromatic N) is 1. The van der Waals surface area contributed by atoms with Crippen LogP contribution in [0.3, 0.4) is 0 Å². The second-order valence-corrected chi connectivity index (χ2v) is 6.19. The topological polar surface area (TPSA) is 52.9 Å². The molecule has 5 heteroatoms. The van der Waals surface area contributed by atoms with Crippen LogP contribution in [0, 0.1) is 24.1 Å². The lowest BCUT2D eigenvalue weighted by atomic mass is 10.1. The van der Waals surface area contributed by atoms with Crippen molar-refractivity contribution in [1.82, 2.24) is 0 Å². The zero-order chi connectivity index (χ0) is 15.0. The Hall–Kier alpha value is -2.19. The second kappa shape index (κ2) is 5.30. The van der Waals surface area contributed by atoms with Crippen molar-refractivity contribution >= 4 is 22.2 Å². The predicted molar refractivity (Wildman–Crippen MR) is 80.1 cm³/mol. The van der Waals surface area contributed by atoms with Crippen LogP contribution in [-0.4, -0.2) is 5.91 Å². The van der Waals surface area contributed by atoms with Crippen LogP contribution in [0.2, 0.25) is 0 Å². The summed E-state index contributed by atoms with van der Waals surface area (Å²) in [4.78, 5) is 13.5. The highest BCUT2D eigenvalue weighted by molar-refractivity contribution is 7.16. The Morgan fingerprint density at radius 1 is 1.43 bits per heavy atom. The molecule has 1 aromatic carbocycles. The lowest BCUT2D eigenvalue weighted by molar-refractivity contribution is 0.102. The highest BCUT2D eigenvalue weighted by atomic mass is 32.1. The minimum Gasteiger partial charge on any atom is -0.312 e. The number of benzene rings is 1. The van der Waals surface area contributed by atoms with Crippen LogP contribution in [0.1, 0.15) is 38.3 Å². The molecule has 106 valence electrons. The highest BCUT2D eigenvalue weighted by Gasteiger charge is 2.23. The van der Waals surface area contributed by atoms with Crippen molar-refractivity contribution in [2.75, 3.05) is 5.32 Å². The van der Waals surface area contributed by atoms with Gasteiger partial charge >= 0.3 is 0 Å². The van der Waals surface area contributed by atoms with Gasteiger partial charge in [-0.05, 0) is 55.5 Å². The van der Waals surface area contributed by atoms with E-state index in [4.69, 9.17) is 0 Å². The van der Waals surface area contributed by atoms with Crippen LogP contribution >= 0.6 is 11.3 Å². The molecule has 1 aliphatic carbocycles. The molecule has 0 saturated heterocycles. The van der Waals surface area contributed by atoms with E-state index in [0.29, 0.717) is 21.7 Å². The number of hydrogen-bond acceptors (Lipinski definition) is 3. The summed E-state index contributed by atoms with van der Waals surface area (Å²) in [6.07, 6.45) is 2.95. The molecule has 1 aliphatic rings. The Labute approximate surface area is 126 Å². The van der Waals surface area contributed by atoms with Gasteiger partial charge in [0, 0.05) is 10.4 Å². The van der Waals surface area contributed by atoms with E-state index in [2.05, 4.69) is 11.4 Å². The molecule has 21 heavy (non-hydrogen) atoms. The van der Waals surface area contributed by atoms with Crippen LogP contribution in [0.5, 0.6) is 0 Å². The average Bonchev–Trinajstić information content (AvgIpc) is 2.98. The van der Waals surface area contributed by atoms with Gasteiger partial charge in [-0.1, -0.05) is 0 Å². The first-order valence-electron chi connectivity index (χ1n) is 6.72. The number of fused-ring (bicyclic) bond motifs is 1. The van der Waals surface area contributed by atoms with Crippen LogP contribution in [-0.2, 0) is 12.8 Å². The summed E-state index contributed by atoms with van der Waals surface area (Å²) in [5.41, 5.74) is 2.66. The van der Waals surface area contributed by atoms with E-state index in [-0.39, 0.29) is 11.7 Å². The molecule has 0 spiro atoms. The number of amides is 1. The number of carbonyl (C=O) groups excluding carboxylic acids is 1. The third-order valence-corrected chi connectivity index (χ3v) is 4.90. The van der Waals surface area contributed by atoms with Crippen LogP contribution in [0.15, 0.2) is 18.2 Å². The molecule has 0 unspecified atom stereocenters. The maximum absolute atomic E-state index is 13.1. The fourth-order valence-electron chi connectivity index (χ4n) is 2.66. The normalized spacial score (nSPS) is 12.8. The number of hydrogen-bond donors (Lipinski definition) is 1. The first kappa shape index (κ1) is 13.8. The molecule has 1 heterocycles. The molecule has 0 saturated carbocycles. The molecule has 1 N–H and O–H groups in total. The molecule has 0 aliphatic heterocycles. The molecule has 0 radical (unpaired) electrons. The number of carbonyl (C=O) groups is 1. The Morgan fingerprint density at radius 3 is 2.95 bits per heavy atom. The summed E-state index contributed by atoms with van der Waals surface area (Å²) >= 11 is 1.48. The summed E-state index contributed by atoms with van der Waals surface area (Å²) in [7, 11) is 0. The average molecular weight is 300 g/mol. The maximum atomic E-state index is 13.1. The summed E-state index contributed by atoms with van der Waals surface area (Å²) in [6, 6.07) is 6.25. The first-order chi connectivity index (χ1) is 10.1. The molecule has 0 fully saturated rings. The number of nitrogens with one attached hydrogen (secondary N) is 1. The van der Waals surface area contributed by atoms with E-state index in [0.717, 1.165) is 24.8 Å². The molecule has 0 atom stereocenters. The zero-order valence-corrected chi connectivity index (χ0v) is 12.3. The third kappa shape index (κ3) is 2.43. The van der Waals surface area contributed by atoms with Gasteiger partial charge in [0.05, 0.1) is 5.56 Å². The third-order valence-electron chi connectivity index (χ3n) is 3.69. The summed E-state index contributed by atoms with van der Waals surface area (Å²) in [5, 5.41) is 12.7. The summed E-state index contributed by atoms with van der Waals surface area (Å²) < 4.78 is 13.1. The maximum Gasteiger partial charge on any atom is 0.256 e. The van der Waals surface area contributed by atoms with E-state index in [1.165, 1.54) is 34.4 Å². The fourth-order valence-corrected chi connectivity index (χ4v) is 3.90. The Morgan fingerprint density at radius 2 is 2.24 bits per heavy atom. The number of thiophene rings is 1. The number of halogens is 1. The number of rotatable bonds is 2. The number of anilines is 1. The van der Waals surface area contributed by atoms with Gasteiger partial charge in [0.1, 0.15) is 16.9 Å². The van der Waals surface area contributed by atoms with Crippen LogP contribution in [0.25, 0.3) is 0 Å². The molecular formula is C16H13FN2OS. The van der Waals surface area contributed by atoms with E-state index in [9.17, 15) is 14.4 Å². The van der Waals surface area contributed by atoms with E-state index in [1.807, 2.05) is 0 Å². The number of aryl methyl sites for hydroxylation is 2. The molecule has 3 rings (SSSR count). The minimum absolute atomic E-state index is 0.302. The van der Waals surface area contributed by atoms with Crippen LogP contribution in [0.4, 0.5) is 9.39 Å². The zero-order valence-electron chi connectivity index (χ0n) is 11.5. The van der Waals surface area contributed by atoms with Gasteiger partial charge in [0.15, 0.2) is 0 Å². The lowest BCUT2D eigenvalue weighted by Gasteiger charge is -2.07. The van der Waals surface area contributed by atoms with Crippen molar-refractivity contribution in [2.45, 2.75) is 26.2 Å². The van der Waals surface area contributed by atoms with Crippen molar-refractivity contribution in [3.8, 4) is 6.07 Å². The fraction of sp³-hybridized carbons (Fsp3) is 0.250. The van der Waals surface area contributed by atoms with Crippen molar-refractivity contribution in [2.24, 2.45) is 0 Å². The standard InChI is InChI=1S/C16H13FN2OS/c1-9-7-10(17)5-6-11(9)15(20)19-16-13(8-18)12-3-2-4-14(12)21-16/h5-7H,2-4H2,1H3,(H,19,20).